The second-order valence-electron chi connectivity index (χ2n) is 7.37. The number of nitrogens with zero attached hydrogens (tertiary/aromatic N) is 4. The number of aromatic amines is 1. The van der Waals surface area contributed by atoms with Crippen LogP contribution < -0.4 is 11.0 Å². The summed E-state index contributed by atoms with van der Waals surface area (Å²) in [5, 5.41) is 15.8. The molecule has 0 aliphatic rings. The molecule has 8 heteroatoms. The first-order valence-electron chi connectivity index (χ1n) is 9.84. The molecular weight excluding hydrogens is 392 g/mol. The average molecular weight is 414 g/mol. The van der Waals surface area contributed by atoms with Crippen molar-refractivity contribution in [3.8, 4) is 0 Å². The maximum Gasteiger partial charge on any atom is 0.292 e. The van der Waals surface area contributed by atoms with Crippen molar-refractivity contribution in [2.75, 3.05) is 0 Å². The number of rotatable bonds is 5. The maximum atomic E-state index is 12.6. The molecule has 0 radical (unpaired) electrons. The number of hydrazone groups is 1. The van der Waals surface area contributed by atoms with Crippen LogP contribution in [0.3, 0.4) is 0 Å². The second-order valence-corrected chi connectivity index (χ2v) is 7.37. The van der Waals surface area contributed by atoms with Crippen LogP contribution in [0.5, 0.6) is 0 Å². The van der Waals surface area contributed by atoms with Crippen LogP contribution in [0, 0.1) is 20.8 Å². The Morgan fingerprint density at radius 2 is 1.81 bits per heavy atom. The number of carbonyl (C=O) groups is 1. The molecule has 0 fully saturated rings. The van der Waals surface area contributed by atoms with Crippen LogP contribution in [0.4, 0.5) is 0 Å². The fourth-order valence-corrected chi connectivity index (χ4v) is 3.41. The fourth-order valence-electron chi connectivity index (χ4n) is 3.41. The minimum atomic E-state index is -0.508. The first-order valence-corrected chi connectivity index (χ1v) is 9.84. The largest absolute Gasteiger partial charge is 0.292 e. The molecule has 0 atom stereocenters. The van der Waals surface area contributed by atoms with E-state index in [0.29, 0.717) is 17.3 Å². The van der Waals surface area contributed by atoms with E-state index in [1.807, 2.05) is 18.5 Å². The zero-order chi connectivity index (χ0) is 22.0. The topological polar surface area (TPSA) is 105 Å². The number of benzene rings is 2. The molecule has 2 aromatic carbocycles. The Morgan fingerprint density at radius 1 is 1.10 bits per heavy atom. The Morgan fingerprint density at radius 3 is 2.55 bits per heavy atom. The minimum absolute atomic E-state index is 0.107. The van der Waals surface area contributed by atoms with Crippen molar-refractivity contribution >= 4 is 22.9 Å². The van der Waals surface area contributed by atoms with Crippen LogP contribution in [0.25, 0.3) is 10.8 Å². The van der Waals surface area contributed by atoms with Gasteiger partial charge in [-0.1, -0.05) is 48.0 Å². The smallest absolute Gasteiger partial charge is 0.267 e. The summed E-state index contributed by atoms with van der Waals surface area (Å²) in [6, 6.07) is 15.1. The number of hydrogen-bond donors (Lipinski definition) is 2. The molecule has 8 nitrogen and oxygen atoms in total. The molecule has 0 bridgehead atoms. The average Bonchev–Trinajstić information content (AvgIpc) is 3.03. The normalized spacial score (nSPS) is 11.3. The van der Waals surface area contributed by atoms with Gasteiger partial charge in [0.1, 0.15) is 0 Å². The molecule has 2 heterocycles. The summed E-state index contributed by atoms with van der Waals surface area (Å²) in [5.74, 6) is -0.508. The number of aromatic nitrogens is 4. The van der Waals surface area contributed by atoms with E-state index >= 15 is 0 Å². The zero-order valence-corrected chi connectivity index (χ0v) is 17.5. The molecule has 0 unspecified atom stereocenters. The van der Waals surface area contributed by atoms with E-state index in [2.05, 4.69) is 57.0 Å². The number of aryl methyl sites for hydroxylation is 2. The molecule has 0 aliphatic carbocycles. The SMILES string of the molecule is Cc1ccc(Cn2nc(C)c(/C=N\NC(=O)c3n[nH]c(=O)c4ccccc34)c2C)cc1. The van der Waals surface area contributed by atoms with Crippen molar-refractivity contribution in [3.05, 3.63) is 92.7 Å². The van der Waals surface area contributed by atoms with E-state index in [9.17, 15) is 9.59 Å². The Kier molecular flexibility index (Phi) is 5.44. The van der Waals surface area contributed by atoms with E-state index in [0.717, 1.165) is 22.5 Å². The molecule has 2 aromatic heterocycles. The van der Waals surface area contributed by atoms with Gasteiger partial charge in [0.05, 0.1) is 23.8 Å². The molecule has 0 spiro atoms. The lowest BCUT2D eigenvalue weighted by Crippen LogP contribution is -2.22. The van der Waals surface area contributed by atoms with Crippen LogP contribution in [0.15, 0.2) is 58.4 Å². The Labute approximate surface area is 178 Å². The number of hydrogen-bond acceptors (Lipinski definition) is 5. The van der Waals surface area contributed by atoms with E-state index in [4.69, 9.17) is 0 Å². The molecule has 156 valence electrons. The van der Waals surface area contributed by atoms with Crippen molar-refractivity contribution in [2.24, 2.45) is 5.10 Å². The summed E-state index contributed by atoms with van der Waals surface area (Å²) in [7, 11) is 0. The second kappa shape index (κ2) is 8.35. The van der Waals surface area contributed by atoms with Gasteiger partial charge in [-0.05, 0) is 32.4 Å². The van der Waals surface area contributed by atoms with E-state index in [1.165, 1.54) is 5.56 Å². The standard InChI is InChI=1S/C23H22N6O2/c1-14-8-10-17(11-9-14)13-29-16(3)20(15(2)28-29)12-24-26-23(31)21-18-6-4-5-7-19(18)22(30)27-25-21/h4-12H,13H2,1-3H3,(H,26,31)(H,27,30)/b24-12-. The predicted octanol–water partition coefficient (Wildman–Crippen LogP) is 2.86. The van der Waals surface area contributed by atoms with Crippen molar-refractivity contribution in [1.29, 1.82) is 0 Å². The third-order valence-corrected chi connectivity index (χ3v) is 5.16. The molecule has 4 aromatic rings. The molecule has 31 heavy (non-hydrogen) atoms. The van der Waals surface area contributed by atoms with Crippen molar-refractivity contribution in [2.45, 2.75) is 27.3 Å². The van der Waals surface area contributed by atoms with Crippen LogP contribution in [0.1, 0.15) is 38.6 Å². The Hall–Kier alpha value is -4.07. The zero-order valence-electron chi connectivity index (χ0n) is 17.5. The van der Waals surface area contributed by atoms with Crippen LogP contribution in [-0.2, 0) is 6.54 Å². The molecule has 0 saturated heterocycles. The highest BCUT2D eigenvalue weighted by atomic mass is 16.2. The molecule has 0 saturated carbocycles. The number of nitrogens with one attached hydrogen (secondary N) is 2. The van der Waals surface area contributed by atoms with Gasteiger partial charge in [0.15, 0.2) is 5.69 Å². The quantitative estimate of drug-likeness (QED) is 0.387. The van der Waals surface area contributed by atoms with Gasteiger partial charge in [0, 0.05) is 16.6 Å². The van der Waals surface area contributed by atoms with Gasteiger partial charge < -0.3 is 0 Å². The lowest BCUT2D eigenvalue weighted by molar-refractivity contribution is 0.0951. The van der Waals surface area contributed by atoms with Gasteiger partial charge in [0.2, 0.25) is 0 Å². The van der Waals surface area contributed by atoms with Crippen molar-refractivity contribution in [1.82, 2.24) is 25.4 Å². The van der Waals surface area contributed by atoms with Crippen LogP contribution >= 0.6 is 0 Å². The predicted molar refractivity (Wildman–Crippen MR) is 119 cm³/mol. The highest BCUT2D eigenvalue weighted by Gasteiger charge is 2.14. The first kappa shape index (κ1) is 20.2. The minimum Gasteiger partial charge on any atom is -0.267 e. The number of amides is 1. The summed E-state index contributed by atoms with van der Waals surface area (Å²) >= 11 is 0. The first-order chi connectivity index (χ1) is 14.9. The maximum absolute atomic E-state index is 12.6. The highest BCUT2D eigenvalue weighted by molar-refractivity contribution is 6.04. The van der Waals surface area contributed by atoms with Gasteiger partial charge in [-0.15, -0.1) is 0 Å². The lowest BCUT2D eigenvalue weighted by Gasteiger charge is -2.05. The summed E-state index contributed by atoms with van der Waals surface area (Å²) in [4.78, 5) is 24.5. The fraction of sp³-hybridized carbons (Fsp3) is 0.174. The molecule has 4 rings (SSSR count). The number of carbonyl (C=O) groups excluding carboxylic acids is 1. The van der Waals surface area contributed by atoms with Gasteiger partial charge >= 0.3 is 0 Å². The van der Waals surface area contributed by atoms with Gasteiger partial charge in [-0.2, -0.15) is 15.3 Å². The lowest BCUT2D eigenvalue weighted by atomic mass is 10.1. The van der Waals surface area contributed by atoms with E-state index in [-0.39, 0.29) is 11.3 Å². The number of fused-ring (bicyclic) bond motifs is 1. The molecule has 1 amide bonds. The highest BCUT2D eigenvalue weighted by Crippen LogP contribution is 2.14. The van der Waals surface area contributed by atoms with E-state index < -0.39 is 5.91 Å². The molecular formula is C23H22N6O2. The van der Waals surface area contributed by atoms with Gasteiger partial charge in [0.25, 0.3) is 11.5 Å². The summed E-state index contributed by atoms with van der Waals surface area (Å²) < 4.78 is 1.92. The van der Waals surface area contributed by atoms with Gasteiger partial charge in [-0.25, -0.2) is 10.5 Å². The van der Waals surface area contributed by atoms with Crippen LogP contribution in [-0.4, -0.2) is 32.1 Å². The third-order valence-electron chi connectivity index (χ3n) is 5.16. The van der Waals surface area contributed by atoms with Crippen LogP contribution in [0.2, 0.25) is 0 Å². The summed E-state index contributed by atoms with van der Waals surface area (Å²) in [6.07, 6.45) is 1.58. The Balaban J connectivity index is 1.52. The van der Waals surface area contributed by atoms with Crippen molar-refractivity contribution < 1.29 is 4.79 Å². The summed E-state index contributed by atoms with van der Waals surface area (Å²) in [5.41, 5.74) is 7.22. The Bertz CT molecular complexity index is 1350. The summed E-state index contributed by atoms with van der Waals surface area (Å²) in [6.45, 7) is 6.58. The number of H-pyrrole nitrogens is 1. The monoisotopic (exact) mass is 414 g/mol. The molecule has 0 aliphatic heterocycles. The van der Waals surface area contributed by atoms with Gasteiger partial charge in [-0.3, -0.25) is 14.3 Å². The third kappa shape index (κ3) is 4.13. The van der Waals surface area contributed by atoms with E-state index in [1.54, 1.807) is 30.5 Å². The molecule has 2 N–H and O–H groups in total. The van der Waals surface area contributed by atoms with Crippen molar-refractivity contribution in [3.63, 3.8) is 0 Å².